The van der Waals surface area contributed by atoms with Crippen molar-refractivity contribution in [2.45, 2.75) is 65.1 Å². The predicted octanol–water partition coefficient (Wildman–Crippen LogP) is 2.33. The number of nitrogens with one attached hydrogen (secondary N) is 2. The van der Waals surface area contributed by atoms with Crippen molar-refractivity contribution in [2.75, 3.05) is 37.6 Å². The van der Waals surface area contributed by atoms with E-state index in [0.29, 0.717) is 18.6 Å². The van der Waals surface area contributed by atoms with Crippen molar-refractivity contribution in [3.63, 3.8) is 0 Å². The molecule has 180 valence electrons. The van der Waals surface area contributed by atoms with Gasteiger partial charge in [-0.2, -0.15) is 0 Å². The number of likely N-dealkylation sites (tertiary alicyclic amines) is 1. The van der Waals surface area contributed by atoms with Crippen molar-refractivity contribution < 1.29 is 4.79 Å². The molecule has 1 amide bonds. The lowest BCUT2D eigenvalue weighted by atomic mass is 9.96. The van der Waals surface area contributed by atoms with Crippen molar-refractivity contribution in [1.82, 2.24) is 20.5 Å². The lowest BCUT2D eigenvalue weighted by Crippen LogP contribution is -2.49. The summed E-state index contributed by atoms with van der Waals surface area (Å²) in [7, 11) is 0. The van der Waals surface area contributed by atoms with Gasteiger partial charge < -0.3 is 26.2 Å². The Kier molecular flexibility index (Phi) is 11.0. The molecule has 9 heteroatoms. The van der Waals surface area contributed by atoms with Gasteiger partial charge in [-0.3, -0.25) is 4.79 Å². The fourth-order valence-corrected chi connectivity index (χ4v) is 4.45. The summed E-state index contributed by atoms with van der Waals surface area (Å²) >= 11 is 0. The maximum Gasteiger partial charge on any atom is 0.220 e. The number of aliphatic imine (C=N–C) groups is 1. The molecule has 3 rings (SSSR count). The van der Waals surface area contributed by atoms with E-state index in [1.807, 2.05) is 12.3 Å². The predicted molar refractivity (Wildman–Crippen MR) is 141 cm³/mol. The van der Waals surface area contributed by atoms with Crippen LogP contribution in [0.4, 0.5) is 5.82 Å². The number of rotatable bonds is 7. The van der Waals surface area contributed by atoms with Gasteiger partial charge in [0, 0.05) is 62.5 Å². The Morgan fingerprint density at radius 3 is 2.50 bits per heavy atom. The molecule has 0 saturated carbocycles. The highest BCUT2D eigenvalue weighted by atomic mass is 127. The van der Waals surface area contributed by atoms with Gasteiger partial charge in [-0.05, 0) is 52.5 Å². The number of primary amides is 1. The number of anilines is 1. The van der Waals surface area contributed by atoms with Crippen LogP contribution >= 0.6 is 24.0 Å². The van der Waals surface area contributed by atoms with Crippen molar-refractivity contribution in [3.8, 4) is 0 Å². The summed E-state index contributed by atoms with van der Waals surface area (Å²) in [5.41, 5.74) is 6.59. The maximum absolute atomic E-state index is 11.5. The highest BCUT2D eigenvalue weighted by molar-refractivity contribution is 14.0. The van der Waals surface area contributed by atoms with Gasteiger partial charge in [0.1, 0.15) is 5.82 Å². The van der Waals surface area contributed by atoms with Gasteiger partial charge in [-0.1, -0.05) is 6.07 Å². The van der Waals surface area contributed by atoms with Crippen molar-refractivity contribution in [1.29, 1.82) is 0 Å². The van der Waals surface area contributed by atoms with E-state index in [2.05, 4.69) is 52.3 Å². The molecule has 0 bridgehead atoms. The van der Waals surface area contributed by atoms with Crippen LogP contribution < -0.4 is 21.3 Å². The Morgan fingerprint density at radius 1 is 1.22 bits per heavy atom. The number of aromatic nitrogens is 1. The first-order chi connectivity index (χ1) is 15.0. The summed E-state index contributed by atoms with van der Waals surface area (Å²) in [5, 5.41) is 7.02. The van der Waals surface area contributed by atoms with Crippen LogP contribution in [0.25, 0.3) is 0 Å². The van der Waals surface area contributed by atoms with E-state index >= 15 is 0 Å². The van der Waals surface area contributed by atoms with Gasteiger partial charge in [0.25, 0.3) is 0 Å². The van der Waals surface area contributed by atoms with Gasteiger partial charge in [-0.25, -0.2) is 9.98 Å². The van der Waals surface area contributed by atoms with E-state index in [-0.39, 0.29) is 35.8 Å². The molecule has 1 aromatic rings. The molecule has 0 aromatic carbocycles. The number of nitrogens with two attached hydrogens (primary N) is 1. The minimum atomic E-state index is -0.189. The molecule has 2 aliphatic heterocycles. The summed E-state index contributed by atoms with van der Waals surface area (Å²) in [6.07, 6.45) is 5.67. The van der Waals surface area contributed by atoms with Crippen LogP contribution in [0, 0.1) is 5.92 Å². The fraction of sp³-hybridized carbons (Fsp3) is 0.696. The first-order valence-corrected chi connectivity index (χ1v) is 11.7. The Labute approximate surface area is 209 Å². The molecule has 0 radical (unpaired) electrons. The number of piperidine rings is 2. The zero-order valence-electron chi connectivity index (χ0n) is 19.7. The lowest BCUT2D eigenvalue weighted by molar-refractivity contribution is -0.122. The molecule has 0 unspecified atom stereocenters. The van der Waals surface area contributed by atoms with E-state index in [0.717, 1.165) is 75.7 Å². The van der Waals surface area contributed by atoms with Gasteiger partial charge in [0.2, 0.25) is 5.91 Å². The molecule has 0 aliphatic carbocycles. The SMILES string of the molecule is CCNC(=NCc1cccnc1N1CCC(C(N)=O)CC1)NC1CCN(C(C)C)CC1.I. The minimum absolute atomic E-state index is 0. The summed E-state index contributed by atoms with van der Waals surface area (Å²) in [4.78, 5) is 25.8. The van der Waals surface area contributed by atoms with Crippen LogP contribution in [0.1, 0.15) is 52.0 Å². The zero-order chi connectivity index (χ0) is 22.2. The number of amides is 1. The second kappa shape index (κ2) is 13.2. The number of pyridine rings is 1. The topological polar surface area (TPSA) is 98.9 Å². The van der Waals surface area contributed by atoms with Crippen molar-refractivity contribution in [2.24, 2.45) is 16.6 Å². The van der Waals surface area contributed by atoms with Crippen LogP contribution in [-0.2, 0) is 11.3 Å². The monoisotopic (exact) mass is 557 g/mol. The smallest absolute Gasteiger partial charge is 0.220 e. The number of hydrogen-bond donors (Lipinski definition) is 3. The standard InChI is InChI=1S/C23H39N7O.HI/c1-4-25-23(28-20-9-14-29(15-10-20)17(2)3)27-16-19-6-5-11-26-22(19)30-12-7-18(8-13-30)21(24)31;/h5-6,11,17-18,20H,4,7-10,12-16H2,1-3H3,(H2,24,31)(H2,25,27,28);1H. The number of carbonyl (C=O) groups is 1. The number of halogens is 1. The summed E-state index contributed by atoms with van der Waals surface area (Å²) in [6.45, 7) is 11.9. The third-order valence-electron chi connectivity index (χ3n) is 6.42. The van der Waals surface area contributed by atoms with Gasteiger partial charge >= 0.3 is 0 Å². The Morgan fingerprint density at radius 2 is 1.91 bits per heavy atom. The largest absolute Gasteiger partial charge is 0.369 e. The van der Waals surface area contributed by atoms with E-state index in [1.165, 1.54) is 0 Å². The molecule has 4 N–H and O–H groups in total. The summed E-state index contributed by atoms with van der Waals surface area (Å²) in [6, 6.07) is 5.12. The Bertz CT molecular complexity index is 742. The minimum Gasteiger partial charge on any atom is -0.369 e. The van der Waals surface area contributed by atoms with Gasteiger partial charge in [-0.15, -0.1) is 24.0 Å². The second-order valence-corrected chi connectivity index (χ2v) is 8.89. The highest BCUT2D eigenvalue weighted by Crippen LogP contribution is 2.25. The highest BCUT2D eigenvalue weighted by Gasteiger charge is 2.25. The van der Waals surface area contributed by atoms with Crippen LogP contribution in [-0.4, -0.2) is 66.6 Å². The first-order valence-electron chi connectivity index (χ1n) is 11.7. The van der Waals surface area contributed by atoms with Crippen molar-refractivity contribution in [3.05, 3.63) is 23.9 Å². The van der Waals surface area contributed by atoms with E-state index in [1.54, 1.807) is 0 Å². The fourth-order valence-electron chi connectivity index (χ4n) is 4.45. The summed E-state index contributed by atoms with van der Waals surface area (Å²) < 4.78 is 0. The molecule has 2 fully saturated rings. The quantitative estimate of drug-likeness (QED) is 0.271. The molecule has 0 spiro atoms. The number of nitrogens with zero attached hydrogens (tertiary/aromatic N) is 4. The van der Waals surface area contributed by atoms with Crippen LogP contribution in [0.15, 0.2) is 23.3 Å². The molecular weight excluding hydrogens is 517 g/mol. The number of guanidine groups is 1. The maximum atomic E-state index is 11.5. The molecule has 8 nitrogen and oxygen atoms in total. The summed E-state index contributed by atoms with van der Waals surface area (Å²) in [5.74, 6) is 1.63. The third kappa shape index (κ3) is 7.47. The molecule has 32 heavy (non-hydrogen) atoms. The molecular formula is C23H40IN7O. The van der Waals surface area contributed by atoms with Crippen LogP contribution in [0.3, 0.4) is 0 Å². The molecule has 2 aliphatic rings. The van der Waals surface area contributed by atoms with E-state index in [9.17, 15) is 4.79 Å². The second-order valence-electron chi connectivity index (χ2n) is 8.89. The van der Waals surface area contributed by atoms with Crippen LogP contribution in [0.5, 0.6) is 0 Å². The average molecular weight is 558 g/mol. The number of hydrogen-bond acceptors (Lipinski definition) is 5. The van der Waals surface area contributed by atoms with E-state index < -0.39 is 0 Å². The van der Waals surface area contributed by atoms with Crippen molar-refractivity contribution >= 4 is 41.7 Å². The zero-order valence-corrected chi connectivity index (χ0v) is 22.0. The number of carbonyl (C=O) groups excluding carboxylic acids is 1. The molecule has 2 saturated heterocycles. The Balaban J connectivity index is 0.00000363. The first kappa shape index (κ1) is 26.6. The van der Waals surface area contributed by atoms with Gasteiger partial charge in [0.15, 0.2) is 5.96 Å². The molecule has 0 atom stereocenters. The Hall–Kier alpha value is -1.62. The van der Waals surface area contributed by atoms with Crippen LogP contribution in [0.2, 0.25) is 0 Å². The lowest BCUT2D eigenvalue weighted by Gasteiger charge is -2.35. The molecule has 1 aromatic heterocycles. The third-order valence-corrected chi connectivity index (χ3v) is 6.42. The van der Waals surface area contributed by atoms with E-state index in [4.69, 9.17) is 10.7 Å². The van der Waals surface area contributed by atoms with Gasteiger partial charge in [0.05, 0.1) is 6.54 Å². The molecule has 3 heterocycles. The average Bonchev–Trinajstić information content (AvgIpc) is 2.78. The normalized spacial score (nSPS) is 19.0.